The Morgan fingerprint density at radius 3 is 2.67 bits per heavy atom. The molecule has 0 aliphatic heterocycles. The highest BCUT2D eigenvalue weighted by Gasteiger charge is 2.21. The molecule has 2 amide bonds. The van der Waals surface area contributed by atoms with Gasteiger partial charge in [-0.3, -0.25) is 14.4 Å². The third kappa shape index (κ3) is 6.51. The van der Waals surface area contributed by atoms with Crippen LogP contribution < -0.4 is 21.8 Å². The molecule has 0 heterocycles. The number of aliphatic carboxylic acids is 1. The Morgan fingerprint density at radius 2 is 1.97 bits per heavy atom. The van der Waals surface area contributed by atoms with Crippen LogP contribution in [0.3, 0.4) is 0 Å². The summed E-state index contributed by atoms with van der Waals surface area (Å²) < 4.78 is 0. The largest absolute Gasteiger partial charge is 0.508 e. The van der Waals surface area contributed by atoms with Gasteiger partial charge < -0.3 is 32.0 Å². The minimum Gasteiger partial charge on any atom is -0.508 e. The summed E-state index contributed by atoms with van der Waals surface area (Å²) >= 11 is 0. The van der Waals surface area contributed by atoms with Gasteiger partial charge in [0, 0.05) is 16.8 Å². The average Bonchev–Trinajstić information content (AvgIpc) is 2.71. The molecule has 0 saturated heterocycles. The summed E-state index contributed by atoms with van der Waals surface area (Å²) in [5.74, 6) is 2.66. The topological polar surface area (TPSA) is 166 Å². The van der Waals surface area contributed by atoms with Gasteiger partial charge in [-0.2, -0.15) is 5.10 Å². The Bertz CT molecular complexity index is 960. The number of nitrogens with two attached hydrogens (primary N) is 1. The molecule has 10 nitrogen and oxygen atoms in total. The summed E-state index contributed by atoms with van der Waals surface area (Å²) in [6, 6.07) is 10.2. The van der Waals surface area contributed by atoms with Crippen LogP contribution in [-0.4, -0.2) is 40.9 Å². The molecule has 158 valence electrons. The van der Waals surface area contributed by atoms with E-state index in [0.29, 0.717) is 11.3 Å². The van der Waals surface area contributed by atoms with Crippen molar-refractivity contribution in [3.05, 3.63) is 59.2 Å². The lowest BCUT2D eigenvalue weighted by molar-refractivity contribution is -0.137. The fraction of sp³-hybridized carbons (Fsp3) is 0.200. The number of nitrogens with zero attached hydrogens (tertiary/aromatic N) is 1. The molecule has 0 aliphatic rings. The van der Waals surface area contributed by atoms with Crippen LogP contribution in [0.5, 0.6) is 5.75 Å². The van der Waals surface area contributed by atoms with Gasteiger partial charge in [0.05, 0.1) is 19.0 Å². The first kappa shape index (κ1) is 22.2. The number of anilines is 1. The maximum absolute atomic E-state index is 12.3. The van der Waals surface area contributed by atoms with Gasteiger partial charge in [0.2, 0.25) is 5.91 Å². The molecule has 0 radical (unpaired) electrons. The predicted octanol–water partition coefficient (Wildman–Crippen LogP) is 1.08. The zero-order valence-electron chi connectivity index (χ0n) is 16.3. The summed E-state index contributed by atoms with van der Waals surface area (Å²) in [5, 5.41) is 30.3. The standard InChI is InChI=1S/C20H23N5O5/c1-12-5-6-17(26)15(7-12)16(9-19(28)29)25-18(27)10-22-20(30)13-3-2-4-14(8-13)23-11-24-21/h2-8,11,16,26H,9-10,21H2,1H3,(H,22,30)(H,23,24)(H,25,27)(H,28,29). The molecular weight excluding hydrogens is 390 g/mol. The molecule has 0 aliphatic carbocycles. The van der Waals surface area contributed by atoms with Crippen molar-refractivity contribution in [2.24, 2.45) is 10.9 Å². The number of carboxylic acid groups (broad SMARTS) is 1. The van der Waals surface area contributed by atoms with Crippen LogP contribution in [0, 0.1) is 6.92 Å². The SMILES string of the molecule is Cc1ccc(O)c(C(CC(=O)O)NC(=O)CNC(=O)c2cccc(NC=NN)c2)c1. The number of nitrogens with one attached hydrogen (secondary N) is 3. The van der Waals surface area contributed by atoms with Crippen LogP contribution in [0.15, 0.2) is 47.6 Å². The number of phenols is 1. The summed E-state index contributed by atoms with van der Waals surface area (Å²) in [5.41, 5.74) is 1.97. The number of carboxylic acids is 1. The highest BCUT2D eigenvalue weighted by Crippen LogP contribution is 2.27. The predicted molar refractivity (Wildman–Crippen MR) is 111 cm³/mol. The molecule has 0 fully saturated rings. The van der Waals surface area contributed by atoms with Gasteiger partial charge in [-0.25, -0.2) is 0 Å². The number of carbonyl (C=O) groups excluding carboxylic acids is 2. The van der Waals surface area contributed by atoms with E-state index in [2.05, 4.69) is 21.1 Å². The van der Waals surface area contributed by atoms with E-state index in [0.717, 1.165) is 5.56 Å². The van der Waals surface area contributed by atoms with E-state index < -0.39 is 30.2 Å². The molecule has 0 spiro atoms. The van der Waals surface area contributed by atoms with Gasteiger partial charge in [0.15, 0.2) is 0 Å². The van der Waals surface area contributed by atoms with Crippen LogP contribution in [0.1, 0.15) is 33.9 Å². The molecule has 2 rings (SSSR count). The van der Waals surface area contributed by atoms with Gasteiger partial charge in [0.1, 0.15) is 12.1 Å². The molecule has 10 heteroatoms. The fourth-order valence-electron chi connectivity index (χ4n) is 2.74. The maximum Gasteiger partial charge on any atom is 0.305 e. The van der Waals surface area contributed by atoms with Crippen molar-refractivity contribution in [2.45, 2.75) is 19.4 Å². The lowest BCUT2D eigenvalue weighted by Crippen LogP contribution is -2.39. The second-order valence-electron chi connectivity index (χ2n) is 6.47. The van der Waals surface area contributed by atoms with Crippen LogP contribution in [0.2, 0.25) is 0 Å². The van der Waals surface area contributed by atoms with Gasteiger partial charge in [-0.05, 0) is 31.2 Å². The van der Waals surface area contributed by atoms with Crippen LogP contribution in [0.4, 0.5) is 5.69 Å². The number of phenolic OH excluding ortho intramolecular Hbond substituents is 1. The van der Waals surface area contributed by atoms with Crippen LogP contribution in [-0.2, 0) is 9.59 Å². The van der Waals surface area contributed by atoms with E-state index in [4.69, 9.17) is 10.9 Å². The molecule has 0 saturated carbocycles. The van der Waals surface area contributed by atoms with E-state index in [1.807, 2.05) is 0 Å². The number of benzene rings is 2. The summed E-state index contributed by atoms with van der Waals surface area (Å²) in [6.07, 6.45) is 0.834. The quantitative estimate of drug-likeness (QED) is 0.155. The Balaban J connectivity index is 2.02. The highest BCUT2D eigenvalue weighted by molar-refractivity contribution is 5.97. The third-order valence-electron chi connectivity index (χ3n) is 4.11. The zero-order valence-corrected chi connectivity index (χ0v) is 16.3. The van der Waals surface area contributed by atoms with E-state index in [9.17, 15) is 19.5 Å². The molecule has 0 aromatic heterocycles. The smallest absolute Gasteiger partial charge is 0.305 e. The molecular formula is C20H23N5O5. The van der Waals surface area contributed by atoms with Gasteiger partial charge in [-0.1, -0.05) is 23.8 Å². The Labute approximate surface area is 172 Å². The summed E-state index contributed by atoms with van der Waals surface area (Å²) in [7, 11) is 0. The molecule has 7 N–H and O–H groups in total. The van der Waals surface area contributed by atoms with Gasteiger partial charge >= 0.3 is 5.97 Å². The average molecular weight is 413 g/mol. The number of hydrazone groups is 1. The molecule has 30 heavy (non-hydrogen) atoms. The number of amides is 2. The first-order valence-corrected chi connectivity index (χ1v) is 8.97. The van der Waals surface area contributed by atoms with Crippen molar-refractivity contribution in [3.63, 3.8) is 0 Å². The van der Waals surface area contributed by atoms with E-state index in [1.54, 1.807) is 43.3 Å². The number of carbonyl (C=O) groups is 3. The van der Waals surface area contributed by atoms with Crippen molar-refractivity contribution in [1.29, 1.82) is 0 Å². The Morgan fingerprint density at radius 1 is 1.20 bits per heavy atom. The third-order valence-corrected chi connectivity index (χ3v) is 4.11. The fourth-order valence-corrected chi connectivity index (χ4v) is 2.74. The van der Waals surface area contributed by atoms with E-state index in [-0.39, 0.29) is 17.9 Å². The van der Waals surface area contributed by atoms with Crippen molar-refractivity contribution >= 4 is 29.8 Å². The minimum absolute atomic E-state index is 0.124. The normalized spacial score (nSPS) is 11.6. The minimum atomic E-state index is -1.14. The molecule has 0 bridgehead atoms. The number of rotatable bonds is 9. The van der Waals surface area contributed by atoms with Gasteiger partial charge in [0.25, 0.3) is 5.91 Å². The van der Waals surface area contributed by atoms with E-state index in [1.165, 1.54) is 12.4 Å². The molecule has 1 unspecified atom stereocenters. The molecule has 1 atom stereocenters. The van der Waals surface area contributed by atoms with Crippen LogP contribution in [0.25, 0.3) is 0 Å². The maximum atomic E-state index is 12.3. The monoisotopic (exact) mass is 413 g/mol. The lowest BCUT2D eigenvalue weighted by Gasteiger charge is -2.19. The Hall–Kier alpha value is -4.08. The lowest BCUT2D eigenvalue weighted by atomic mass is 10.0. The number of aromatic hydroxyl groups is 1. The molecule has 2 aromatic rings. The highest BCUT2D eigenvalue weighted by atomic mass is 16.4. The van der Waals surface area contributed by atoms with E-state index >= 15 is 0 Å². The second-order valence-corrected chi connectivity index (χ2v) is 6.47. The summed E-state index contributed by atoms with van der Waals surface area (Å²) in [4.78, 5) is 35.8. The summed E-state index contributed by atoms with van der Waals surface area (Å²) in [6.45, 7) is 1.41. The molecule has 2 aromatic carbocycles. The first-order valence-electron chi connectivity index (χ1n) is 8.97. The number of aryl methyl sites for hydroxylation is 1. The number of hydrogen-bond donors (Lipinski definition) is 6. The van der Waals surface area contributed by atoms with Crippen molar-refractivity contribution < 1.29 is 24.6 Å². The second kappa shape index (κ2) is 10.5. The number of hydrogen-bond acceptors (Lipinski definition) is 6. The van der Waals surface area contributed by atoms with Crippen molar-refractivity contribution in [2.75, 3.05) is 11.9 Å². The van der Waals surface area contributed by atoms with Gasteiger partial charge in [-0.15, -0.1) is 0 Å². The van der Waals surface area contributed by atoms with Crippen LogP contribution >= 0.6 is 0 Å². The first-order chi connectivity index (χ1) is 14.3. The Kier molecular flexibility index (Phi) is 7.74. The zero-order chi connectivity index (χ0) is 22.1. The van der Waals surface area contributed by atoms with Crippen molar-refractivity contribution in [1.82, 2.24) is 10.6 Å². The van der Waals surface area contributed by atoms with Crippen molar-refractivity contribution in [3.8, 4) is 5.75 Å².